The standard InChI is InChI=1S/C17H23N5O3/c1-4-22-14(7-10(2)19-22)17(23)21-9-12(16-18-11(3)20-25-16)8-15-13(21)5-6-24-15/h7,12-13,15H,4-6,8-9H2,1-3H3/t12-,13-,15-/m1/s1. The minimum atomic E-state index is 0.00333. The Bertz CT molecular complexity index is 783. The van der Waals surface area contributed by atoms with Crippen molar-refractivity contribution in [3.63, 3.8) is 0 Å². The number of nitrogens with zero attached hydrogens (tertiary/aromatic N) is 5. The van der Waals surface area contributed by atoms with Gasteiger partial charge in [-0.3, -0.25) is 9.48 Å². The van der Waals surface area contributed by atoms with Crippen molar-refractivity contribution in [3.05, 3.63) is 29.2 Å². The molecule has 8 nitrogen and oxygen atoms in total. The number of carbonyl (C=O) groups is 1. The smallest absolute Gasteiger partial charge is 0.272 e. The molecule has 0 saturated carbocycles. The Morgan fingerprint density at radius 3 is 2.96 bits per heavy atom. The van der Waals surface area contributed by atoms with E-state index >= 15 is 0 Å². The Kier molecular flexibility index (Phi) is 4.07. The van der Waals surface area contributed by atoms with Crippen molar-refractivity contribution < 1.29 is 14.1 Å². The van der Waals surface area contributed by atoms with Gasteiger partial charge in [0.1, 0.15) is 5.69 Å². The molecule has 0 bridgehead atoms. The minimum absolute atomic E-state index is 0.00333. The normalized spacial score (nSPS) is 26.0. The van der Waals surface area contributed by atoms with Crippen LogP contribution in [0.5, 0.6) is 0 Å². The van der Waals surface area contributed by atoms with Crippen molar-refractivity contribution in [1.29, 1.82) is 0 Å². The van der Waals surface area contributed by atoms with E-state index in [4.69, 9.17) is 9.26 Å². The van der Waals surface area contributed by atoms with Gasteiger partial charge in [0.15, 0.2) is 5.82 Å². The van der Waals surface area contributed by atoms with Crippen LogP contribution in [0.4, 0.5) is 0 Å². The van der Waals surface area contributed by atoms with E-state index in [-0.39, 0.29) is 24.0 Å². The lowest BCUT2D eigenvalue weighted by atomic mass is 9.89. The monoisotopic (exact) mass is 345 g/mol. The molecule has 134 valence electrons. The lowest BCUT2D eigenvalue weighted by Crippen LogP contribution is -2.51. The first-order valence-electron chi connectivity index (χ1n) is 8.84. The van der Waals surface area contributed by atoms with Crippen molar-refractivity contribution in [2.75, 3.05) is 13.2 Å². The SMILES string of the molecule is CCn1nc(C)cc1C(=O)N1C[C@H](c2nc(C)no2)C[C@H]2OCC[C@H]21. The zero-order valence-electron chi connectivity index (χ0n) is 14.8. The summed E-state index contributed by atoms with van der Waals surface area (Å²) in [6, 6.07) is 1.96. The van der Waals surface area contributed by atoms with Gasteiger partial charge in [0.25, 0.3) is 5.91 Å². The average Bonchev–Trinajstić information content (AvgIpc) is 3.32. The van der Waals surface area contributed by atoms with Gasteiger partial charge >= 0.3 is 0 Å². The maximum atomic E-state index is 13.3. The van der Waals surface area contributed by atoms with Crippen molar-refractivity contribution in [1.82, 2.24) is 24.8 Å². The predicted octanol–water partition coefficient (Wildman–Crippen LogP) is 1.69. The molecule has 2 saturated heterocycles. The molecule has 4 rings (SSSR count). The second kappa shape index (κ2) is 6.25. The van der Waals surface area contributed by atoms with Crippen LogP contribution in [0.25, 0.3) is 0 Å². The predicted molar refractivity (Wildman–Crippen MR) is 88.2 cm³/mol. The number of ether oxygens (including phenoxy) is 1. The number of rotatable bonds is 3. The summed E-state index contributed by atoms with van der Waals surface area (Å²) in [5.74, 6) is 1.21. The highest BCUT2D eigenvalue weighted by molar-refractivity contribution is 5.93. The summed E-state index contributed by atoms with van der Waals surface area (Å²) >= 11 is 0. The number of amides is 1. The summed E-state index contributed by atoms with van der Waals surface area (Å²) in [6.07, 6.45) is 1.70. The van der Waals surface area contributed by atoms with Gasteiger partial charge in [0.05, 0.1) is 23.8 Å². The topological polar surface area (TPSA) is 86.3 Å². The van der Waals surface area contributed by atoms with E-state index in [1.165, 1.54) is 0 Å². The zero-order chi connectivity index (χ0) is 17.6. The van der Waals surface area contributed by atoms with Crippen LogP contribution in [0.3, 0.4) is 0 Å². The van der Waals surface area contributed by atoms with Crippen LogP contribution in [0.15, 0.2) is 10.6 Å². The first-order chi connectivity index (χ1) is 12.1. The van der Waals surface area contributed by atoms with Gasteiger partial charge in [-0.15, -0.1) is 0 Å². The second-order valence-corrected chi connectivity index (χ2v) is 6.82. The Morgan fingerprint density at radius 2 is 2.24 bits per heavy atom. The summed E-state index contributed by atoms with van der Waals surface area (Å²) in [6.45, 7) is 7.62. The van der Waals surface area contributed by atoms with Gasteiger partial charge in [-0.05, 0) is 39.7 Å². The Hall–Kier alpha value is -2.22. The fourth-order valence-corrected chi connectivity index (χ4v) is 3.94. The number of hydrogen-bond donors (Lipinski definition) is 0. The quantitative estimate of drug-likeness (QED) is 0.841. The van der Waals surface area contributed by atoms with Gasteiger partial charge in [0.2, 0.25) is 5.89 Å². The molecule has 2 aromatic rings. The molecule has 1 amide bonds. The Labute approximate surface area is 146 Å². The van der Waals surface area contributed by atoms with Crippen molar-refractivity contribution in [2.24, 2.45) is 0 Å². The highest BCUT2D eigenvalue weighted by atomic mass is 16.5. The van der Waals surface area contributed by atoms with Crippen LogP contribution in [-0.4, -0.2) is 56.0 Å². The van der Waals surface area contributed by atoms with Gasteiger partial charge < -0.3 is 14.2 Å². The molecule has 2 aromatic heterocycles. The molecule has 2 fully saturated rings. The first kappa shape index (κ1) is 16.3. The molecule has 0 N–H and O–H groups in total. The molecule has 0 unspecified atom stereocenters. The van der Waals surface area contributed by atoms with E-state index in [1.54, 1.807) is 11.6 Å². The number of aryl methyl sites for hydroxylation is 3. The van der Waals surface area contributed by atoms with Crippen molar-refractivity contribution in [3.8, 4) is 0 Å². The van der Waals surface area contributed by atoms with E-state index in [9.17, 15) is 4.79 Å². The van der Waals surface area contributed by atoms with Crippen molar-refractivity contribution >= 4 is 5.91 Å². The van der Waals surface area contributed by atoms with E-state index < -0.39 is 0 Å². The minimum Gasteiger partial charge on any atom is -0.376 e. The van der Waals surface area contributed by atoms with E-state index in [1.807, 2.05) is 24.8 Å². The molecule has 4 heterocycles. The van der Waals surface area contributed by atoms with Gasteiger partial charge in [0, 0.05) is 19.7 Å². The number of piperidine rings is 1. The number of fused-ring (bicyclic) bond motifs is 1. The average molecular weight is 345 g/mol. The molecule has 2 aliphatic rings. The van der Waals surface area contributed by atoms with Crippen LogP contribution in [-0.2, 0) is 11.3 Å². The highest BCUT2D eigenvalue weighted by Crippen LogP contribution is 2.36. The zero-order valence-corrected chi connectivity index (χ0v) is 14.8. The fourth-order valence-electron chi connectivity index (χ4n) is 3.94. The summed E-state index contributed by atoms with van der Waals surface area (Å²) in [7, 11) is 0. The number of carbonyl (C=O) groups excluding carboxylic acids is 1. The third-order valence-electron chi connectivity index (χ3n) is 5.08. The molecular formula is C17H23N5O3. The molecule has 0 aliphatic carbocycles. The van der Waals surface area contributed by atoms with Gasteiger partial charge in [-0.2, -0.15) is 10.1 Å². The first-order valence-corrected chi connectivity index (χ1v) is 8.84. The van der Waals surface area contributed by atoms with Crippen LogP contribution >= 0.6 is 0 Å². The molecule has 0 aromatic carbocycles. The third-order valence-corrected chi connectivity index (χ3v) is 5.08. The van der Waals surface area contributed by atoms with E-state index in [2.05, 4.69) is 15.2 Å². The molecule has 3 atom stereocenters. The van der Waals surface area contributed by atoms with Gasteiger partial charge in [-0.1, -0.05) is 5.16 Å². The summed E-state index contributed by atoms with van der Waals surface area (Å²) < 4.78 is 13.0. The highest BCUT2D eigenvalue weighted by Gasteiger charge is 2.44. The number of hydrogen-bond acceptors (Lipinski definition) is 6. The van der Waals surface area contributed by atoms with E-state index in [0.717, 1.165) is 18.5 Å². The molecular weight excluding hydrogens is 322 g/mol. The largest absolute Gasteiger partial charge is 0.376 e. The molecule has 2 aliphatic heterocycles. The van der Waals surface area contributed by atoms with Crippen molar-refractivity contribution in [2.45, 2.75) is 58.2 Å². The lowest BCUT2D eigenvalue weighted by Gasteiger charge is -2.39. The van der Waals surface area contributed by atoms with Crippen LogP contribution in [0.1, 0.15) is 53.6 Å². The third kappa shape index (κ3) is 2.84. The molecule has 0 spiro atoms. The lowest BCUT2D eigenvalue weighted by molar-refractivity contribution is 0.0118. The summed E-state index contributed by atoms with van der Waals surface area (Å²) in [5, 5.41) is 8.30. The number of likely N-dealkylation sites (tertiary alicyclic amines) is 1. The Morgan fingerprint density at radius 1 is 1.40 bits per heavy atom. The molecule has 8 heteroatoms. The maximum Gasteiger partial charge on any atom is 0.272 e. The Balaban J connectivity index is 1.64. The fraction of sp³-hybridized carbons (Fsp3) is 0.647. The van der Waals surface area contributed by atoms with Gasteiger partial charge in [-0.25, -0.2) is 0 Å². The van der Waals surface area contributed by atoms with E-state index in [0.29, 0.717) is 37.1 Å². The van der Waals surface area contributed by atoms with Crippen LogP contribution in [0.2, 0.25) is 0 Å². The van der Waals surface area contributed by atoms with Crippen LogP contribution in [0, 0.1) is 13.8 Å². The summed E-state index contributed by atoms with van der Waals surface area (Å²) in [4.78, 5) is 19.5. The van der Waals surface area contributed by atoms with Crippen LogP contribution < -0.4 is 0 Å². The number of aromatic nitrogens is 4. The molecule has 0 radical (unpaired) electrons. The summed E-state index contributed by atoms with van der Waals surface area (Å²) in [5.41, 5.74) is 1.48. The maximum absolute atomic E-state index is 13.3. The molecule has 25 heavy (non-hydrogen) atoms. The second-order valence-electron chi connectivity index (χ2n) is 6.82.